The molecule has 0 radical (unpaired) electrons. The molecule has 0 unspecified atom stereocenters. The number of carbonyl (C=O) groups is 1. The highest BCUT2D eigenvalue weighted by Crippen LogP contribution is 2.34. The van der Waals surface area contributed by atoms with Gasteiger partial charge in [-0.2, -0.15) is 5.10 Å². The molecule has 0 saturated heterocycles. The lowest BCUT2D eigenvalue weighted by Gasteiger charge is -2.15. The number of nitrogens with one attached hydrogen (secondary N) is 1. The third kappa shape index (κ3) is 5.84. The minimum Gasteiger partial charge on any atom is -0.490 e. The number of halogens is 2. The summed E-state index contributed by atoms with van der Waals surface area (Å²) in [6, 6.07) is 21.5. The zero-order chi connectivity index (χ0) is 23.9. The van der Waals surface area contributed by atoms with E-state index >= 15 is 0 Å². The van der Waals surface area contributed by atoms with E-state index in [1.54, 1.807) is 18.3 Å². The van der Waals surface area contributed by atoms with Crippen LogP contribution < -0.4 is 14.9 Å². The van der Waals surface area contributed by atoms with Crippen LogP contribution in [-0.4, -0.2) is 23.7 Å². The first-order valence-electron chi connectivity index (χ1n) is 10.6. The Bertz CT molecular complexity index is 1360. The SMILES string of the molecule is CCOc1cc(C=NNC(=O)c2cccnc2Cl)cc(I)c1OCc1ccc2ccccc2c1. The molecule has 4 aromatic rings. The van der Waals surface area contributed by atoms with Crippen LogP contribution in [0, 0.1) is 3.57 Å². The van der Waals surface area contributed by atoms with Crippen LogP contribution in [0.2, 0.25) is 5.15 Å². The molecule has 0 aliphatic carbocycles. The number of nitrogens with zero attached hydrogens (tertiary/aromatic N) is 2. The summed E-state index contributed by atoms with van der Waals surface area (Å²) in [5.74, 6) is 0.835. The van der Waals surface area contributed by atoms with Gasteiger partial charge in [0.15, 0.2) is 11.5 Å². The number of ether oxygens (including phenoxy) is 2. The number of pyridine rings is 1. The maximum atomic E-state index is 12.3. The number of rotatable bonds is 8. The quantitative estimate of drug-likeness (QED) is 0.115. The molecule has 0 atom stereocenters. The average molecular weight is 586 g/mol. The number of aromatic nitrogens is 1. The molecule has 0 bridgehead atoms. The fraction of sp³-hybridized carbons (Fsp3) is 0.115. The Morgan fingerprint density at radius 1 is 1.09 bits per heavy atom. The van der Waals surface area contributed by atoms with Crippen molar-refractivity contribution in [1.29, 1.82) is 0 Å². The van der Waals surface area contributed by atoms with Crippen molar-refractivity contribution in [1.82, 2.24) is 10.4 Å². The van der Waals surface area contributed by atoms with Gasteiger partial charge >= 0.3 is 0 Å². The molecule has 6 nitrogen and oxygen atoms in total. The van der Waals surface area contributed by atoms with E-state index in [9.17, 15) is 4.79 Å². The van der Waals surface area contributed by atoms with Gasteiger partial charge in [0.05, 0.1) is 22.0 Å². The van der Waals surface area contributed by atoms with E-state index in [-0.39, 0.29) is 10.7 Å². The Morgan fingerprint density at radius 3 is 2.71 bits per heavy atom. The van der Waals surface area contributed by atoms with E-state index in [0.717, 1.165) is 14.7 Å². The second-order valence-electron chi connectivity index (χ2n) is 7.27. The van der Waals surface area contributed by atoms with Gasteiger partial charge in [-0.05, 0) is 81.7 Å². The Balaban J connectivity index is 1.48. The van der Waals surface area contributed by atoms with Gasteiger partial charge < -0.3 is 9.47 Å². The highest BCUT2D eigenvalue weighted by atomic mass is 127. The smallest absolute Gasteiger partial charge is 0.274 e. The van der Waals surface area contributed by atoms with Gasteiger partial charge in [-0.3, -0.25) is 4.79 Å². The van der Waals surface area contributed by atoms with Crippen molar-refractivity contribution in [2.45, 2.75) is 13.5 Å². The third-order valence-electron chi connectivity index (χ3n) is 4.91. The number of fused-ring (bicyclic) bond motifs is 1. The highest BCUT2D eigenvalue weighted by molar-refractivity contribution is 14.1. The molecule has 34 heavy (non-hydrogen) atoms. The Labute approximate surface area is 216 Å². The van der Waals surface area contributed by atoms with Gasteiger partial charge in [-0.1, -0.05) is 48.0 Å². The average Bonchev–Trinajstić information content (AvgIpc) is 2.84. The Morgan fingerprint density at radius 2 is 1.91 bits per heavy atom. The molecule has 8 heteroatoms. The van der Waals surface area contributed by atoms with Crippen molar-refractivity contribution in [3.05, 3.63) is 98.3 Å². The molecule has 1 heterocycles. The first-order valence-corrected chi connectivity index (χ1v) is 12.0. The van der Waals surface area contributed by atoms with Gasteiger partial charge in [-0.15, -0.1) is 0 Å². The summed E-state index contributed by atoms with van der Waals surface area (Å²) in [6.07, 6.45) is 3.06. The zero-order valence-corrected chi connectivity index (χ0v) is 21.2. The fourth-order valence-corrected chi connectivity index (χ4v) is 4.32. The molecule has 3 aromatic carbocycles. The van der Waals surface area contributed by atoms with E-state index < -0.39 is 5.91 Å². The lowest BCUT2D eigenvalue weighted by atomic mass is 10.1. The molecule has 1 aromatic heterocycles. The molecular weight excluding hydrogens is 565 g/mol. The fourth-order valence-electron chi connectivity index (χ4n) is 3.33. The van der Waals surface area contributed by atoms with Gasteiger partial charge in [0.25, 0.3) is 5.91 Å². The molecular formula is C26H21ClIN3O3. The molecule has 0 fully saturated rings. The highest BCUT2D eigenvalue weighted by Gasteiger charge is 2.13. The van der Waals surface area contributed by atoms with E-state index in [4.69, 9.17) is 21.1 Å². The van der Waals surface area contributed by atoms with Gasteiger partial charge in [0.2, 0.25) is 0 Å². The van der Waals surface area contributed by atoms with Crippen molar-refractivity contribution < 1.29 is 14.3 Å². The summed E-state index contributed by atoms with van der Waals surface area (Å²) >= 11 is 8.16. The van der Waals surface area contributed by atoms with Gasteiger partial charge in [0.1, 0.15) is 11.8 Å². The maximum Gasteiger partial charge on any atom is 0.274 e. The topological polar surface area (TPSA) is 72.8 Å². The molecule has 0 aliphatic rings. The summed E-state index contributed by atoms with van der Waals surface area (Å²) in [5.41, 5.74) is 4.54. The summed E-state index contributed by atoms with van der Waals surface area (Å²) in [4.78, 5) is 16.1. The van der Waals surface area contributed by atoms with Crippen LogP contribution in [0.5, 0.6) is 11.5 Å². The van der Waals surface area contributed by atoms with Crippen LogP contribution in [0.15, 0.2) is 78.0 Å². The summed E-state index contributed by atoms with van der Waals surface area (Å²) in [6.45, 7) is 2.81. The van der Waals surface area contributed by atoms with Crippen LogP contribution in [0.4, 0.5) is 0 Å². The van der Waals surface area contributed by atoms with Crippen molar-refractivity contribution in [2.75, 3.05) is 6.61 Å². The van der Waals surface area contributed by atoms with E-state index in [0.29, 0.717) is 24.7 Å². The van der Waals surface area contributed by atoms with E-state index in [1.165, 1.54) is 17.0 Å². The van der Waals surface area contributed by atoms with Crippen molar-refractivity contribution >= 4 is 57.1 Å². The largest absolute Gasteiger partial charge is 0.490 e. The van der Waals surface area contributed by atoms with E-state index in [2.05, 4.69) is 68.4 Å². The molecule has 1 amide bonds. The van der Waals surface area contributed by atoms with Crippen LogP contribution >= 0.6 is 34.2 Å². The van der Waals surface area contributed by atoms with Crippen LogP contribution in [0.1, 0.15) is 28.4 Å². The van der Waals surface area contributed by atoms with Crippen LogP contribution in [0.25, 0.3) is 10.8 Å². The van der Waals surface area contributed by atoms with Gasteiger partial charge in [0, 0.05) is 6.20 Å². The molecule has 0 spiro atoms. The second-order valence-corrected chi connectivity index (χ2v) is 8.79. The molecule has 0 aliphatic heterocycles. The predicted octanol–water partition coefficient (Wildman–Crippen LogP) is 6.23. The van der Waals surface area contributed by atoms with Crippen molar-refractivity contribution in [3.8, 4) is 11.5 Å². The minimum atomic E-state index is -0.440. The van der Waals surface area contributed by atoms with Gasteiger partial charge in [-0.25, -0.2) is 10.4 Å². The van der Waals surface area contributed by atoms with Crippen LogP contribution in [0.3, 0.4) is 0 Å². The number of benzene rings is 3. The first-order chi connectivity index (χ1) is 16.5. The molecule has 1 N–H and O–H groups in total. The van der Waals surface area contributed by atoms with Crippen molar-refractivity contribution in [3.63, 3.8) is 0 Å². The predicted molar refractivity (Wildman–Crippen MR) is 143 cm³/mol. The summed E-state index contributed by atoms with van der Waals surface area (Å²) in [7, 11) is 0. The minimum absolute atomic E-state index is 0.122. The number of hydrogen-bond donors (Lipinski definition) is 1. The number of hydrazone groups is 1. The lowest BCUT2D eigenvalue weighted by Crippen LogP contribution is -2.18. The van der Waals surface area contributed by atoms with E-state index in [1.807, 2.05) is 31.2 Å². The second kappa shape index (κ2) is 11.3. The Hall–Kier alpha value is -3.17. The standard InChI is InChI=1S/C26H21ClIN3O3/c1-2-33-23-14-18(15-30-31-26(32)21-8-5-11-29-25(21)27)13-22(28)24(23)34-16-17-9-10-19-6-3-4-7-20(19)12-17/h3-15H,2,16H2,1H3,(H,31,32). The number of hydrogen-bond acceptors (Lipinski definition) is 5. The monoisotopic (exact) mass is 585 g/mol. The molecule has 0 saturated carbocycles. The maximum absolute atomic E-state index is 12.3. The zero-order valence-electron chi connectivity index (χ0n) is 18.3. The normalized spacial score (nSPS) is 11.0. The Kier molecular flexibility index (Phi) is 7.97. The summed E-state index contributed by atoms with van der Waals surface area (Å²) < 4.78 is 12.8. The molecule has 4 rings (SSSR count). The number of carbonyl (C=O) groups excluding carboxylic acids is 1. The first kappa shape index (κ1) is 24.0. The number of amides is 1. The molecule has 172 valence electrons. The lowest BCUT2D eigenvalue weighted by molar-refractivity contribution is 0.0955. The third-order valence-corrected chi connectivity index (χ3v) is 6.01. The summed E-state index contributed by atoms with van der Waals surface area (Å²) in [5, 5.41) is 6.53. The van der Waals surface area contributed by atoms with Crippen molar-refractivity contribution in [2.24, 2.45) is 5.10 Å². The van der Waals surface area contributed by atoms with Crippen LogP contribution in [-0.2, 0) is 6.61 Å².